The number of fused-ring (bicyclic) bond motifs is 3. The van der Waals surface area contributed by atoms with Crippen molar-refractivity contribution in [2.24, 2.45) is 0 Å². The largest absolute Gasteiger partial charge is 0.496 e. The maximum Gasteiger partial charge on any atom is 0.266 e. The predicted molar refractivity (Wildman–Crippen MR) is 124 cm³/mol. The fourth-order valence-corrected chi connectivity index (χ4v) is 5.91. The molecule has 0 saturated carbocycles. The molecule has 2 aromatic carbocycles. The van der Waals surface area contributed by atoms with Crippen molar-refractivity contribution in [1.29, 1.82) is 0 Å². The highest BCUT2D eigenvalue weighted by molar-refractivity contribution is 7.91. The summed E-state index contributed by atoms with van der Waals surface area (Å²) in [5, 5.41) is 3.44. The number of aromatic amines is 1. The number of hydrogen-bond acceptors (Lipinski definition) is 5. The number of rotatable bonds is 7. The smallest absolute Gasteiger partial charge is 0.266 e. The molecule has 1 N–H and O–H groups in total. The van der Waals surface area contributed by atoms with E-state index in [1.54, 1.807) is 31.4 Å². The van der Waals surface area contributed by atoms with Crippen molar-refractivity contribution >= 4 is 42.2 Å². The predicted octanol–water partition coefficient (Wildman–Crippen LogP) is 5.63. The molecule has 0 fully saturated rings. The van der Waals surface area contributed by atoms with Gasteiger partial charge in [0.15, 0.2) is 9.84 Å². The molecule has 0 unspecified atom stereocenters. The molecule has 0 amide bonds. The third kappa shape index (κ3) is 4.27. The molecule has 5 nitrogen and oxygen atoms in total. The topological polar surface area (TPSA) is 76.2 Å². The van der Waals surface area contributed by atoms with Gasteiger partial charge < -0.3 is 9.72 Å². The summed E-state index contributed by atoms with van der Waals surface area (Å²) in [4.78, 5) is 15.3. The Hall–Kier alpha value is -2.78. The number of thiophene rings is 1. The van der Waals surface area contributed by atoms with Gasteiger partial charge in [0.25, 0.3) is 5.56 Å². The first kappa shape index (κ1) is 22.4. The number of halogens is 2. The number of nitrogens with one attached hydrogen (secondary N) is 1. The van der Waals surface area contributed by atoms with Crippen LogP contribution in [0.3, 0.4) is 0 Å². The Morgan fingerprint density at radius 1 is 1.09 bits per heavy atom. The second-order valence-corrected chi connectivity index (χ2v) is 10.7. The zero-order valence-electron chi connectivity index (χ0n) is 17.4. The lowest BCUT2D eigenvalue weighted by molar-refractivity contribution is 0.0125. The van der Waals surface area contributed by atoms with E-state index in [0.717, 1.165) is 23.3 Å². The number of sulfone groups is 1. The lowest BCUT2D eigenvalue weighted by Gasteiger charge is -2.14. The maximum atomic E-state index is 13.0. The Bertz CT molecular complexity index is 1450. The van der Waals surface area contributed by atoms with Crippen LogP contribution in [-0.2, 0) is 9.84 Å². The molecule has 0 aliphatic rings. The Labute approximate surface area is 187 Å². The molecule has 0 radical (unpaired) electrons. The van der Waals surface area contributed by atoms with Crippen LogP contribution in [0.1, 0.15) is 19.8 Å². The van der Waals surface area contributed by atoms with Crippen molar-refractivity contribution in [3.63, 3.8) is 0 Å². The average molecular weight is 478 g/mol. The Balaban J connectivity index is 1.78. The Morgan fingerprint density at radius 3 is 2.47 bits per heavy atom. The summed E-state index contributed by atoms with van der Waals surface area (Å²) in [5.74, 6) is -2.65. The van der Waals surface area contributed by atoms with Gasteiger partial charge in [0.1, 0.15) is 10.4 Å². The zero-order valence-corrected chi connectivity index (χ0v) is 19.1. The number of aromatic nitrogens is 1. The van der Waals surface area contributed by atoms with Crippen LogP contribution in [0.2, 0.25) is 0 Å². The highest BCUT2D eigenvalue weighted by atomic mass is 32.2. The van der Waals surface area contributed by atoms with E-state index in [-0.39, 0.29) is 22.6 Å². The highest BCUT2D eigenvalue weighted by Crippen LogP contribution is 2.40. The first-order chi connectivity index (χ1) is 15.1. The Kier molecular flexibility index (Phi) is 5.81. The van der Waals surface area contributed by atoms with Gasteiger partial charge >= 0.3 is 0 Å². The van der Waals surface area contributed by atoms with Crippen LogP contribution in [0.15, 0.2) is 57.5 Å². The van der Waals surface area contributed by atoms with Crippen LogP contribution in [0.5, 0.6) is 5.75 Å². The van der Waals surface area contributed by atoms with Gasteiger partial charge in [0, 0.05) is 28.3 Å². The van der Waals surface area contributed by atoms with Crippen molar-refractivity contribution in [2.45, 2.75) is 30.6 Å². The molecule has 0 atom stereocenters. The monoisotopic (exact) mass is 477 g/mol. The summed E-state index contributed by atoms with van der Waals surface area (Å²) < 4.78 is 57.4. The SMILES string of the molecule is COc1ccc2[nH]c(=O)c3sccc3c2c1-c1ccc(S(=O)(=O)CCCC(C)(F)F)cc1. The summed E-state index contributed by atoms with van der Waals surface area (Å²) in [6.45, 7) is 0.781. The molecule has 0 saturated heterocycles. The van der Waals surface area contributed by atoms with E-state index in [2.05, 4.69) is 4.98 Å². The molecule has 2 aromatic heterocycles. The van der Waals surface area contributed by atoms with Crippen LogP contribution in [0.4, 0.5) is 8.78 Å². The van der Waals surface area contributed by atoms with Crippen LogP contribution in [0, 0.1) is 0 Å². The van der Waals surface area contributed by atoms with Crippen LogP contribution < -0.4 is 10.3 Å². The number of H-pyrrole nitrogens is 1. The second-order valence-electron chi connectivity index (χ2n) is 7.70. The summed E-state index contributed by atoms with van der Waals surface area (Å²) in [5.41, 5.74) is 1.93. The first-order valence-corrected chi connectivity index (χ1v) is 12.4. The van der Waals surface area contributed by atoms with E-state index in [0.29, 0.717) is 21.5 Å². The summed E-state index contributed by atoms with van der Waals surface area (Å²) in [6, 6.07) is 11.7. The molecule has 0 spiro atoms. The quantitative estimate of drug-likeness (QED) is 0.374. The summed E-state index contributed by atoms with van der Waals surface area (Å²) in [6.07, 6.45) is -0.597. The Morgan fingerprint density at radius 2 is 1.81 bits per heavy atom. The highest BCUT2D eigenvalue weighted by Gasteiger charge is 2.23. The molecule has 9 heteroatoms. The molecule has 2 heterocycles. The van der Waals surface area contributed by atoms with E-state index in [4.69, 9.17) is 4.74 Å². The van der Waals surface area contributed by atoms with Crippen LogP contribution in [-0.4, -0.2) is 32.2 Å². The first-order valence-electron chi connectivity index (χ1n) is 9.92. The van der Waals surface area contributed by atoms with Crippen LogP contribution >= 0.6 is 11.3 Å². The minimum Gasteiger partial charge on any atom is -0.496 e. The van der Waals surface area contributed by atoms with Gasteiger partial charge in [-0.2, -0.15) is 0 Å². The lowest BCUT2D eigenvalue weighted by Crippen LogP contribution is -2.13. The summed E-state index contributed by atoms with van der Waals surface area (Å²) >= 11 is 1.34. The van der Waals surface area contributed by atoms with Crippen molar-refractivity contribution < 1.29 is 21.9 Å². The fraction of sp³-hybridized carbons (Fsp3) is 0.261. The number of methoxy groups -OCH3 is 1. The number of ether oxygens (including phenoxy) is 1. The summed E-state index contributed by atoms with van der Waals surface area (Å²) in [7, 11) is -2.14. The number of alkyl halides is 2. The van der Waals surface area contributed by atoms with E-state index < -0.39 is 22.2 Å². The standard InChI is InChI=1S/C23H21F2NO4S2/c1-23(24,25)11-3-13-32(28,29)15-6-4-14(5-7-15)19-18(30-2)9-8-17-20(19)16-10-12-31-21(16)22(27)26-17/h4-10,12H,3,11,13H2,1-2H3,(H,26,27). The zero-order chi connectivity index (χ0) is 23.1. The molecule has 0 bridgehead atoms. The van der Waals surface area contributed by atoms with Crippen LogP contribution in [0.25, 0.3) is 32.1 Å². The normalized spacial score (nSPS) is 12.5. The average Bonchev–Trinajstić information content (AvgIpc) is 3.23. The molecule has 0 aliphatic heterocycles. The third-order valence-electron chi connectivity index (χ3n) is 5.31. The van der Waals surface area contributed by atoms with Gasteiger partial charge in [-0.1, -0.05) is 12.1 Å². The molecule has 32 heavy (non-hydrogen) atoms. The van der Waals surface area contributed by atoms with Gasteiger partial charge in [0.05, 0.1) is 17.8 Å². The lowest BCUT2D eigenvalue weighted by atomic mass is 9.97. The van der Waals surface area contributed by atoms with Crippen molar-refractivity contribution in [3.8, 4) is 16.9 Å². The molecule has 0 aliphatic carbocycles. The van der Waals surface area contributed by atoms with Crippen molar-refractivity contribution in [2.75, 3.05) is 12.9 Å². The van der Waals surface area contributed by atoms with Gasteiger partial charge in [-0.05, 0) is 54.6 Å². The van der Waals surface area contributed by atoms with Crippen molar-refractivity contribution in [3.05, 3.63) is 58.2 Å². The molecular formula is C23H21F2NO4S2. The second kappa shape index (κ2) is 8.29. The van der Waals surface area contributed by atoms with E-state index in [1.165, 1.54) is 23.5 Å². The molecule has 168 valence electrons. The van der Waals surface area contributed by atoms with Gasteiger partial charge in [0.2, 0.25) is 5.92 Å². The van der Waals surface area contributed by atoms with Gasteiger partial charge in [-0.15, -0.1) is 11.3 Å². The maximum absolute atomic E-state index is 13.0. The van der Waals surface area contributed by atoms with Gasteiger partial charge in [-0.3, -0.25) is 4.79 Å². The third-order valence-corrected chi connectivity index (χ3v) is 8.04. The molecule has 4 rings (SSSR count). The minimum absolute atomic E-state index is 0.0777. The number of benzene rings is 2. The van der Waals surface area contributed by atoms with E-state index in [9.17, 15) is 22.0 Å². The minimum atomic E-state index is -3.68. The number of hydrogen-bond donors (Lipinski definition) is 1. The van der Waals surface area contributed by atoms with E-state index in [1.807, 2.05) is 11.4 Å². The number of pyridine rings is 1. The van der Waals surface area contributed by atoms with E-state index >= 15 is 0 Å². The molecule has 4 aromatic rings. The fourth-order valence-electron chi connectivity index (χ4n) is 3.80. The van der Waals surface area contributed by atoms with Gasteiger partial charge in [-0.25, -0.2) is 17.2 Å². The molecular weight excluding hydrogens is 456 g/mol. The van der Waals surface area contributed by atoms with Crippen molar-refractivity contribution in [1.82, 2.24) is 4.98 Å².